The molecule has 1 aliphatic heterocycles. The van der Waals surface area contributed by atoms with Crippen LogP contribution in [0.15, 0.2) is 23.1 Å². The molecule has 0 spiro atoms. The fraction of sp³-hybridized carbons (Fsp3) is 0.462. The fourth-order valence-corrected chi connectivity index (χ4v) is 3.15. The van der Waals surface area contributed by atoms with Crippen LogP contribution in [0.5, 0.6) is 0 Å². The molecule has 7 nitrogen and oxygen atoms in total. The number of nitrogens with one attached hydrogen (secondary N) is 2. The summed E-state index contributed by atoms with van der Waals surface area (Å²) in [6, 6.07) is 4.36. The molecule has 0 aromatic heterocycles. The minimum Gasteiger partial charge on any atom is -0.393 e. The maximum absolute atomic E-state index is 12.2. The van der Waals surface area contributed by atoms with E-state index in [1.165, 1.54) is 25.1 Å². The van der Waals surface area contributed by atoms with Gasteiger partial charge in [-0.1, -0.05) is 0 Å². The first-order valence-corrected chi connectivity index (χ1v) is 7.92. The number of carbonyl (C=O) groups is 1. The number of aliphatic hydroxyl groups excluding tert-OH is 1. The topological polar surface area (TPSA) is 116 Å². The second-order valence-corrected chi connectivity index (χ2v) is 7.21. The lowest BCUT2D eigenvalue weighted by Gasteiger charge is -2.20. The number of anilines is 1. The van der Waals surface area contributed by atoms with E-state index in [-0.39, 0.29) is 17.3 Å². The molecule has 1 heterocycles. The van der Waals surface area contributed by atoms with Gasteiger partial charge in [0.25, 0.3) is 0 Å². The molecule has 0 radical (unpaired) electrons. The molecule has 8 heteroatoms. The molecule has 2 rings (SSSR count). The number of hydrogen-bond acceptors (Lipinski definition) is 5. The van der Waals surface area contributed by atoms with Crippen LogP contribution in [0, 0.1) is 0 Å². The van der Waals surface area contributed by atoms with Gasteiger partial charge in [-0.3, -0.25) is 4.79 Å². The molecule has 2 atom stereocenters. The van der Waals surface area contributed by atoms with E-state index in [2.05, 4.69) is 10.0 Å². The van der Waals surface area contributed by atoms with E-state index in [0.29, 0.717) is 11.3 Å². The number of aliphatic hydroxyl groups is 2. The molecule has 0 saturated heterocycles. The zero-order valence-electron chi connectivity index (χ0n) is 11.8. The van der Waals surface area contributed by atoms with Gasteiger partial charge in [-0.25, -0.2) is 13.1 Å². The van der Waals surface area contributed by atoms with Crippen molar-refractivity contribution in [2.24, 2.45) is 0 Å². The van der Waals surface area contributed by atoms with E-state index in [4.69, 9.17) is 5.11 Å². The third kappa shape index (κ3) is 3.24. The Balaban J connectivity index is 2.25. The van der Waals surface area contributed by atoms with Gasteiger partial charge in [0.1, 0.15) is 0 Å². The Kier molecular flexibility index (Phi) is 4.07. The third-order valence-electron chi connectivity index (χ3n) is 3.43. The van der Waals surface area contributed by atoms with Crippen LogP contribution >= 0.6 is 0 Å². The average molecular weight is 314 g/mol. The highest BCUT2D eigenvalue weighted by atomic mass is 32.2. The molecular formula is C13H18N2O5S. The van der Waals surface area contributed by atoms with Gasteiger partial charge >= 0.3 is 0 Å². The van der Waals surface area contributed by atoms with Gasteiger partial charge in [0.15, 0.2) is 0 Å². The smallest absolute Gasteiger partial charge is 0.240 e. The molecule has 4 N–H and O–H groups in total. The zero-order chi connectivity index (χ0) is 15.8. The lowest BCUT2D eigenvalue weighted by Crippen LogP contribution is -2.43. The first-order valence-electron chi connectivity index (χ1n) is 6.44. The van der Waals surface area contributed by atoms with Crippen LogP contribution in [0.4, 0.5) is 5.69 Å². The monoisotopic (exact) mass is 314 g/mol. The molecule has 1 aliphatic rings. The Labute approximate surface area is 123 Å². The summed E-state index contributed by atoms with van der Waals surface area (Å²) in [5.74, 6) is -0.577. The van der Waals surface area contributed by atoms with Crippen molar-refractivity contribution in [3.63, 3.8) is 0 Å². The Morgan fingerprint density at radius 2 is 2.10 bits per heavy atom. The third-order valence-corrected chi connectivity index (χ3v) is 4.83. The lowest BCUT2D eigenvalue weighted by molar-refractivity contribution is -0.116. The zero-order valence-corrected chi connectivity index (χ0v) is 12.6. The van der Waals surface area contributed by atoms with E-state index in [0.717, 1.165) is 0 Å². The number of benzene rings is 1. The van der Waals surface area contributed by atoms with E-state index in [1.54, 1.807) is 6.92 Å². The van der Waals surface area contributed by atoms with Crippen molar-refractivity contribution in [2.75, 3.05) is 18.5 Å². The highest BCUT2D eigenvalue weighted by Crippen LogP contribution is 2.33. The second kappa shape index (κ2) is 5.38. The molecule has 1 aromatic carbocycles. The Bertz CT molecular complexity index is 669. The van der Waals surface area contributed by atoms with Crippen molar-refractivity contribution in [3.8, 4) is 0 Å². The number of rotatable bonds is 5. The minimum atomic E-state index is -3.83. The summed E-state index contributed by atoms with van der Waals surface area (Å²) < 4.78 is 26.6. The molecule has 2 unspecified atom stereocenters. The predicted octanol–water partition coefficient (Wildman–Crippen LogP) is -0.236. The second-order valence-electron chi connectivity index (χ2n) is 5.44. The SMILES string of the molecule is CC1C(=O)Nc2ccc(S(=O)(=O)NCC(C)(O)CO)cc21. The van der Waals surface area contributed by atoms with Gasteiger partial charge in [-0.2, -0.15) is 0 Å². The van der Waals surface area contributed by atoms with Crippen LogP contribution in [0.2, 0.25) is 0 Å². The molecular weight excluding hydrogens is 296 g/mol. The first-order chi connectivity index (χ1) is 9.66. The highest BCUT2D eigenvalue weighted by Gasteiger charge is 2.29. The van der Waals surface area contributed by atoms with Crippen LogP contribution < -0.4 is 10.0 Å². The predicted molar refractivity (Wildman–Crippen MR) is 76.4 cm³/mol. The maximum Gasteiger partial charge on any atom is 0.240 e. The van der Waals surface area contributed by atoms with Crippen LogP contribution in [-0.2, 0) is 14.8 Å². The number of amides is 1. The maximum atomic E-state index is 12.2. The molecule has 0 fully saturated rings. The van der Waals surface area contributed by atoms with E-state index in [9.17, 15) is 18.3 Å². The van der Waals surface area contributed by atoms with E-state index >= 15 is 0 Å². The number of fused-ring (bicyclic) bond motifs is 1. The van der Waals surface area contributed by atoms with Crippen molar-refractivity contribution in [3.05, 3.63) is 23.8 Å². The van der Waals surface area contributed by atoms with Crippen molar-refractivity contribution >= 4 is 21.6 Å². The highest BCUT2D eigenvalue weighted by molar-refractivity contribution is 7.89. The average Bonchev–Trinajstić information content (AvgIpc) is 2.72. The van der Waals surface area contributed by atoms with Crippen molar-refractivity contribution in [1.82, 2.24) is 4.72 Å². The number of carbonyl (C=O) groups excluding carboxylic acids is 1. The van der Waals surface area contributed by atoms with Crippen LogP contribution in [-0.4, -0.2) is 43.3 Å². The number of hydrogen-bond donors (Lipinski definition) is 4. The Morgan fingerprint density at radius 1 is 1.43 bits per heavy atom. The first kappa shape index (κ1) is 15.9. The number of sulfonamides is 1. The molecule has 21 heavy (non-hydrogen) atoms. The summed E-state index contributed by atoms with van der Waals surface area (Å²) in [5, 5.41) is 21.2. The summed E-state index contributed by atoms with van der Waals surface area (Å²) in [4.78, 5) is 11.6. The minimum absolute atomic E-state index is 0.0124. The molecule has 0 saturated carbocycles. The molecule has 1 aromatic rings. The largest absolute Gasteiger partial charge is 0.393 e. The summed E-state index contributed by atoms with van der Waals surface area (Å²) in [7, 11) is -3.83. The summed E-state index contributed by atoms with van der Waals surface area (Å²) >= 11 is 0. The molecule has 116 valence electrons. The molecule has 1 amide bonds. The van der Waals surface area contributed by atoms with Crippen LogP contribution in [0.25, 0.3) is 0 Å². The standard InChI is InChI=1S/C13H18N2O5S/c1-8-10-5-9(3-4-11(10)15-12(8)17)21(19,20)14-6-13(2,18)7-16/h3-5,8,14,16,18H,6-7H2,1-2H3,(H,15,17). The van der Waals surface area contributed by atoms with Crippen molar-refractivity contribution < 1.29 is 23.4 Å². The van der Waals surface area contributed by atoms with Gasteiger partial charge < -0.3 is 15.5 Å². The summed E-state index contributed by atoms with van der Waals surface area (Å²) in [6.45, 7) is 2.15. The van der Waals surface area contributed by atoms with Crippen LogP contribution in [0.3, 0.4) is 0 Å². The van der Waals surface area contributed by atoms with Gasteiger partial charge in [0, 0.05) is 12.2 Å². The lowest BCUT2D eigenvalue weighted by atomic mass is 10.0. The van der Waals surface area contributed by atoms with E-state index in [1.807, 2.05) is 0 Å². The van der Waals surface area contributed by atoms with E-state index < -0.39 is 28.1 Å². The van der Waals surface area contributed by atoms with Gasteiger partial charge in [-0.05, 0) is 37.6 Å². The summed E-state index contributed by atoms with van der Waals surface area (Å²) in [6.07, 6.45) is 0. The normalized spacial score (nSPS) is 20.8. The Hall–Kier alpha value is -1.48. The quantitative estimate of drug-likeness (QED) is 0.599. The van der Waals surface area contributed by atoms with Gasteiger partial charge in [0.05, 0.1) is 23.0 Å². The molecule has 0 bridgehead atoms. The summed E-state index contributed by atoms with van der Waals surface area (Å²) in [5.41, 5.74) is -0.306. The fourth-order valence-electron chi connectivity index (χ4n) is 1.95. The van der Waals surface area contributed by atoms with Crippen LogP contribution in [0.1, 0.15) is 25.3 Å². The van der Waals surface area contributed by atoms with Gasteiger partial charge in [-0.15, -0.1) is 0 Å². The van der Waals surface area contributed by atoms with Gasteiger partial charge in [0.2, 0.25) is 15.9 Å². The Morgan fingerprint density at radius 3 is 2.71 bits per heavy atom. The van der Waals surface area contributed by atoms with Crippen molar-refractivity contribution in [1.29, 1.82) is 0 Å². The molecule has 0 aliphatic carbocycles. The van der Waals surface area contributed by atoms with Crippen molar-refractivity contribution in [2.45, 2.75) is 30.3 Å².